The first-order valence-corrected chi connectivity index (χ1v) is 11.9. The molecule has 0 aromatic heterocycles. The molecule has 4 rings (SSSR count). The van der Waals surface area contributed by atoms with Gasteiger partial charge >= 0.3 is 6.03 Å². The van der Waals surface area contributed by atoms with Gasteiger partial charge in [-0.25, -0.2) is 9.69 Å². The largest absolute Gasteiger partial charge is 0.490 e. The van der Waals surface area contributed by atoms with Gasteiger partial charge in [-0.05, 0) is 79.9 Å². The summed E-state index contributed by atoms with van der Waals surface area (Å²) in [6.45, 7) is 6.73. The van der Waals surface area contributed by atoms with Crippen LogP contribution in [0.3, 0.4) is 0 Å². The molecule has 0 spiro atoms. The summed E-state index contributed by atoms with van der Waals surface area (Å²) in [4.78, 5) is 39.1. The van der Waals surface area contributed by atoms with Crippen LogP contribution in [-0.2, 0) is 9.59 Å². The van der Waals surface area contributed by atoms with E-state index in [0.717, 1.165) is 21.8 Å². The van der Waals surface area contributed by atoms with Crippen LogP contribution in [0.5, 0.6) is 17.2 Å². The first kappa shape index (κ1) is 25.5. The predicted octanol–water partition coefficient (Wildman–Crippen LogP) is 4.83. The molecular weight excluding hydrogens is 472 g/mol. The normalized spacial score (nSPS) is 14.5. The number of urea groups is 1. The Hall–Kier alpha value is -4.59. The molecule has 1 fully saturated rings. The van der Waals surface area contributed by atoms with Crippen LogP contribution in [0.2, 0.25) is 0 Å². The number of rotatable bonds is 9. The van der Waals surface area contributed by atoms with E-state index in [4.69, 9.17) is 14.2 Å². The summed E-state index contributed by atoms with van der Waals surface area (Å²) in [6.07, 6.45) is 1.43. The molecule has 0 unspecified atom stereocenters. The van der Waals surface area contributed by atoms with Crippen LogP contribution in [0.1, 0.15) is 23.6 Å². The number of aryl methyl sites for hydroxylation is 2. The third kappa shape index (κ3) is 6.16. The summed E-state index contributed by atoms with van der Waals surface area (Å²) < 4.78 is 17.3. The van der Waals surface area contributed by atoms with Gasteiger partial charge in [-0.1, -0.05) is 30.3 Å². The minimum atomic E-state index is -0.788. The van der Waals surface area contributed by atoms with Crippen molar-refractivity contribution in [1.29, 1.82) is 0 Å². The fourth-order valence-electron chi connectivity index (χ4n) is 3.84. The number of hydrogen-bond acceptors (Lipinski definition) is 6. The fourth-order valence-corrected chi connectivity index (χ4v) is 3.84. The van der Waals surface area contributed by atoms with Crippen LogP contribution in [0.15, 0.2) is 72.3 Å². The van der Waals surface area contributed by atoms with Crippen molar-refractivity contribution >= 4 is 29.6 Å². The van der Waals surface area contributed by atoms with Crippen LogP contribution in [0.25, 0.3) is 6.08 Å². The molecule has 3 aromatic rings. The highest BCUT2D eigenvalue weighted by Crippen LogP contribution is 2.30. The van der Waals surface area contributed by atoms with Crippen molar-refractivity contribution in [1.82, 2.24) is 5.32 Å². The number of benzene rings is 3. The zero-order valence-corrected chi connectivity index (χ0v) is 20.9. The summed E-state index contributed by atoms with van der Waals surface area (Å²) in [7, 11) is 0. The second-order valence-electron chi connectivity index (χ2n) is 8.45. The Kier molecular flexibility index (Phi) is 7.88. The predicted molar refractivity (Wildman–Crippen MR) is 140 cm³/mol. The molecule has 8 heteroatoms. The number of hydrogen-bond donors (Lipinski definition) is 1. The van der Waals surface area contributed by atoms with E-state index < -0.39 is 17.8 Å². The van der Waals surface area contributed by atoms with Gasteiger partial charge in [0, 0.05) is 0 Å². The van der Waals surface area contributed by atoms with Crippen molar-refractivity contribution in [3.63, 3.8) is 0 Å². The van der Waals surface area contributed by atoms with Gasteiger partial charge in [0.05, 0.1) is 12.3 Å². The van der Waals surface area contributed by atoms with Gasteiger partial charge in [-0.3, -0.25) is 14.9 Å². The van der Waals surface area contributed by atoms with Crippen LogP contribution < -0.4 is 24.4 Å². The quantitative estimate of drug-likeness (QED) is 0.257. The molecule has 0 atom stereocenters. The molecule has 0 bridgehead atoms. The van der Waals surface area contributed by atoms with Gasteiger partial charge in [0.25, 0.3) is 11.8 Å². The van der Waals surface area contributed by atoms with E-state index in [0.29, 0.717) is 42.6 Å². The van der Waals surface area contributed by atoms with Gasteiger partial charge < -0.3 is 14.2 Å². The van der Waals surface area contributed by atoms with E-state index in [1.54, 1.807) is 36.4 Å². The second-order valence-corrected chi connectivity index (χ2v) is 8.45. The van der Waals surface area contributed by atoms with Gasteiger partial charge in [-0.2, -0.15) is 0 Å². The number of carbonyl (C=O) groups excluding carboxylic acids is 3. The summed E-state index contributed by atoms with van der Waals surface area (Å²) in [5.74, 6) is 0.274. The number of barbiturate groups is 1. The lowest BCUT2D eigenvalue weighted by Gasteiger charge is -2.26. The van der Waals surface area contributed by atoms with E-state index in [1.165, 1.54) is 6.08 Å². The van der Waals surface area contributed by atoms with Crippen LogP contribution in [-0.4, -0.2) is 37.7 Å². The lowest BCUT2D eigenvalue weighted by atomic mass is 10.1. The molecule has 4 amide bonds. The van der Waals surface area contributed by atoms with E-state index >= 15 is 0 Å². The molecule has 8 nitrogen and oxygen atoms in total. The zero-order chi connectivity index (χ0) is 26.4. The van der Waals surface area contributed by atoms with E-state index in [1.807, 2.05) is 51.1 Å². The maximum atomic E-state index is 13.2. The molecule has 190 valence electrons. The molecule has 3 aromatic carbocycles. The van der Waals surface area contributed by atoms with E-state index in [2.05, 4.69) is 5.32 Å². The monoisotopic (exact) mass is 500 g/mol. The smallest absolute Gasteiger partial charge is 0.335 e. The maximum Gasteiger partial charge on any atom is 0.335 e. The maximum absolute atomic E-state index is 13.2. The SMILES string of the molecule is CCOc1cc(/C=C2\C(=O)NC(=O)N(c3cccc(C)c3)C2=O)ccc1OCCOc1cccc(C)c1. The molecule has 1 aliphatic heterocycles. The molecule has 1 aliphatic rings. The highest BCUT2D eigenvalue weighted by molar-refractivity contribution is 6.39. The minimum Gasteiger partial charge on any atom is -0.490 e. The molecule has 1 N–H and O–H groups in total. The Morgan fingerprint density at radius 3 is 2.27 bits per heavy atom. The third-order valence-corrected chi connectivity index (χ3v) is 5.54. The summed E-state index contributed by atoms with van der Waals surface area (Å²) >= 11 is 0. The molecule has 1 saturated heterocycles. The Morgan fingerprint density at radius 2 is 1.54 bits per heavy atom. The molecule has 0 saturated carbocycles. The Bertz CT molecular complexity index is 1360. The van der Waals surface area contributed by atoms with Gasteiger partial charge in [0.2, 0.25) is 0 Å². The van der Waals surface area contributed by atoms with Crippen molar-refractivity contribution in [3.8, 4) is 17.2 Å². The van der Waals surface area contributed by atoms with Gasteiger partial charge in [0.1, 0.15) is 24.5 Å². The molecule has 37 heavy (non-hydrogen) atoms. The third-order valence-electron chi connectivity index (χ3n) is 5.54. The Morgan fingerprint density at radius 1 is 0.811 bits per heavy atom. The average Bonchev–Trinajstić information content (AvgIpc) is 2.85. The lowest BCUT2D eigenvalue weighted by Crippen LogP contribution is -2.54. The van der Waals surface area contributed by atoms with Gasteiger partial charge in [0.15, 0.2) is 11.5 Å². The molecule has 1 heterocycles. The number of nitrogens with zero attached hydrogens (tertiary/aromatic N) is 1. The zero-order valence-electron chi connectivity index (χ0n) is 20.9. The summed E-state index contributed by atoms with van der Waals surface area (Å²) in [5.41, 5.74) is 2.75. The molecule has 0 aliphatic carbocycles. The highest BCUT2D eigenvalue weighted by atomic mass is 16.5. The number of nitrogens with one attached hydrogen (secondary N) is 1. The minimum absolute atomic E-state index is 0.163. The number of amides is 4. The standard InChI is InChI=1S/C29H28N2O6/c1-4-35-26-18-21(11-12-25(26)37-14-13-36-23-10-6-8-20(3)16-23)17-24-27(32)30-29(34)31(28(24)33)22-9-5-7-19(2)15-22/h5-12,15-18H,4,13-14H2,1-3H3,(H,30,32,34)/b24-17+. The average molecular weight is 501 g/mol. The summed E-state index contributed by atoms with van der Waals surface area (Å²) in [6, 6.07) is 19.0. The van der Waals surface area contributed by atoms with E-state index in [9.17, 15) is 14.4 Å². The first-order valence-electron chi connectivity index (χ1n) is 11.9. The number of anilines is 1. The number of imide groups is 2. The Labute approximate surface area is 215 Å². The van der Waals surface area contributed by atoms with Crippen molar-refractivity contribution < 1.29 is 28.6 Å². The highest BCUT2D eigenvalue weighted by Gasteiger charge is 2.36. The second kappa shape index (κ2) is 11.4. The van der Waals surface area contributed by atoms with Crippen LogP contribution in [0, 0.1) is 13.8 Å². The van der Waals surface area contributed by atoms with Gasteiger partial charge in [-0.15, -0.1) is 0 Å². The van der Waals surface area contributed by atoms with E-state index in [-0.39, 0.29) is 5.57 Å². The topological polar surface area (TPSA) is 94.2 Å². The fraction of sp³-hybridized carbons (Fsp3) is 0.207. The van der Waals surface area contributed by atoms with Crippen LogP contribution in [0.4, 0.5) is 10.5 Å². The van der Waals surface area contributed by atoms with Crippen molar-refractivity contribution in [2.75, 3.05) is 24.7 Å². The first-order chi connectivity index (χ1) is 17.9. The number of ether oxygens (including phenoxy) is 3. The molecular formula is C29H28N2O6. The van der Waals surface area contributed by atoms with Crippen molar-refractivity contribution in [3.05, 3.63) is 89.0 Å². The lowest BCUT2D eigenvalue weighted by molar-refractivity contribution is -0.122. The van der Waals surface area contributed by atoms with Crippen LogP contribution >= 0.6 is 0 Å². The van der Waals surface area contributed by atoms with Crippen molar-refractivity contribution in [2.24, 2.45) is 0 Å². The Balaban J connectivity index is 1.51. The summed E-state index contributed by atoms with van der Waals surface area (Å²) in [5, 5.41) is 2.24. The van der Waals surface area contributed by atoms with Crippen molar-refractivity contribution in [2.45, 2.75) is 20.8 Å². The molecule has 0 radical (unpaired) electrons. The number of carbonyl (C=O) groups is 3.